The van der Waals surface area contributed by atoms with Gasteiger partial charge in [-0.05, 0) is 38.8 Å². The second-order valence-corrected chi connectivity index (χ2v) is 5.31. The van der Waals surface area contributed by atoms with Gasteiger partial charge in [-0.2, -0.15) is 0 Å². The molecule has 0 aliphatic carbocycles. The van der Waals surface area contributed by atoms with E-state index in [1.165, 1.54) is 0 Å². The van der Waals surface area contributed by atoms with Crippen LogP contribution in [0.25, 0.3) is 0 Å². The number of carbonyl (C=O) groups excluding carboxylic acids is 1. The van der Waals surface area contributed by atoms with Crippen molar-refractivity contribution in [3.63, 3.8) is 0 Å². The molecule has 1 amide bonds. The van der Waals surface area contributed by atoms with Crippen LogP contribution in [0.5, 0.6) is 0 Å². The van der Waals surface area contributed by atoms with E-state index in [9.17, 15) is 4.79 Å². The molecule has 0 saturated carbocycles. The second-order valence-electron chi connectivity index (χ2n) is 5.31. The molecule has 0 aliphatic rings. The number of anilines is 1. The van der Waals surface area contributed by atoms with Gasteiger partial charge in [0.05, 0.1) is 0 Å². The highest BCUT2D eigenvalue weighted by atomic mass is 16.2. The summed E-state index contributed by atoms with van der Waals surface area (Å²) < 4.78 is 0. The Hall–Kier alpha value is -1.58. The SMILES string of the molecule is CCNc1cc(C(=O)N(C)C(C)C(C)C)cc(C)n1. The average molecular weight is 263 g/mol. The minimum absolute atomic E-state index is 0.0471. The van der Waals surface area contributed by atoms with Gasteiger partial charge in [0.2, 0.25) is 0 Å². The molecule has 1 atom stereocenters. The molecule has 4 heteroatoms. The zero-order chi connectivity index (χ0) is 14.6. The number of amides is 1. The molecule has 0 saturated heterocycles. The number of aromatic nitrogens is 1. The summed E-state index contributed by atoms with van der Waals surface area (Å²) in [6, 6.07) is 3.87. The third kappa shape index (κ3) is 3.94. The molecule has 4 nitrogen and oxygen atoms in total. The summed E-state index contributed by atoms with van der Waals surface area (Å²) in [5, 5.41) is 3.15. The van der Waals surface area contributed by atoms with E-state index in [2.05, 4.69) is 31.1 Å². The predicted octanol–water partition coefficient (Wildman–Crippen LogP) is 2.94. The van der Waals surface area contributed by atoms with Crippen LogP contribution in [0.2, 0.25) is 0 Å². The molecule has 0 spiro atoms. The zero-order valence-electron chi connectivity index (χ0n) is 12.8. The molecule has 0 fully saturated rings. The number of nitrogens with one attached hydrogen (secondary N) is 1. The minimum atomic E-state index is 0.0471. The summed E-state index contributed by atoms with van der Waals surface area (Å²) in [7, 11) is 1.86. The summed E-state index contributed by atoms with van der Waals surface area (Å²) in [6.45, 7) is 11.0. The van der Waals surface area contributed by atoms with Crippen molar-refractivity contribution in [2.75, 3.05) is 18.9 Å². The van der Waals surface area contributed by atoms with Gasteiger partial charge in [0.25, 0.3) is 5.91 Å². The van der Waals surface area contributed by atoms with Gasteiger partial charge in [-0.15, -0.1) is 0 Å². The lowest BCUT2D eigenvalue weighted by Gasteiger charge is -2.28. The number of aryl methyl sites for hydroxylation is 1. The van der Waals surface area contributed by atoms with Crippen molar-refractivity contribution in [1.82, 2.24) is 9.88 Å². The van der Waals surface area contributed by atoms with Crippen LogP contribution in [0.15, 0.2) is 12.1 Å². The maximum atomic E-state index is 12.5. The average Bonchev–Trinajstić information content (AvgIpc) is 2.35. The molecule has 0 radical (unpaired) electrons. The maximum Gasteiger partial charge on any atom is 0.254 e. The van der Waals surface area contributed by atoms with E-state index >= 15 is 0 Å². The maximum absolute atomic E-state index is 12.5. The van der Waals surface area contributed by atoms with E-state index in [4.69, 9.17) is 0 Å². The Balaban J connectivity index is 2.99. The fourth-order valence-electron chi connectivity index (χ4n) is 1.90. The lowest BCUT2D eigenvalue weighted by atomic mass is 10.0. The lowest BCUT2D eigenvalue weighted by molar-refractivity contribution is 0.0707. The molecule has 0 aromatic carbocycles. The van der Waals surface area contributed by atoms with Crippen molar-refractivity contribution in [3.8, 4) is 0 Å². The van der Waals surface area contributed by atoms with E-state index < -0.39 is 0 Å². The number of carbonyl (C=O) groups is 1. The van der Waals surface area contributed by atoms with Crippen LogP contribution in [0.3, 0.4) is 0 Å². The zero-order valence-corrected chi connectivity index (χ0v) is 12.8. The van der Waals surface area contributed by atoms with Gasteiger partial charge in [-0.25, -0.2) is 4.98 Å². The van der Waals surface area contributed by atoms with Crippen LogP contribution in [0, 0.1) is 12.8 Å². The number of rotatable bonds is 5. The topological polar surface area (TPSA) is 45.2 Å². The van der Waals surface area contributed by atoms with Gasteiger partial charge < -0.3 is 10.2 Å². The van der Waals surface area contributed by atoms with E-state index in [1.807, 2.05) is 33.0 Å². The van der Waals surface area contributed by atoms with Gasteiger partial charge in [0.1, 0.15) is 5.82 Å². The van der Waals surface area contributed by atoms with E-state index in [-0.39, 0.29) is 11.9 Å². The number of pyridine rings is 1. The van der Waals surface area contributed by atoms with E-state index in [1.54, 1.807) is 4.90 Å². The molecule has 1 heterocycles. The largest absolute Gasteiger partial charge is 0.370 e. The van der Waals surface area contributed by atoms with Crippen molar-refractivity contribution in [2.45, 2.75) is 40.7 Å². The van der Waals surface area contributed by atoms with Gasteiger partial charge >= 0.3 is 0 Å². The van der Waals surface area contributed by atoms with E-state index in [0.717, 1.165) is 18.1 Å². The highest BCUT2D eigenvalue weighted by molar-refractivity contribution is 5.95. The standard InChI is InChI=1S/C15H25N3O/c1-7-16-14-9-13(8-11(4)17-14)15(19)18(6)12(5)10(2)3/h8-10,12H,7H2,1-6H3,(H,16,17). The van der Waals surface area contributed by atoms with Crippen molar-refractivity contribution in [2.24, 2.45) is 5.92 Å². The highest BCUT2D eigenvalue weighted by Gasteiger charge is 2.20. The Labute approximate surface area is 116 Å². The Morgan fingerprint density at radius 3 is 2.53 bits per heavy atom. The van der Waals surface area contributed by atoms with Gasteiger partial charge in [-0.3, -0.25) is 4.79 Å². The van der Waals surface area contributed by atoms with Crippen molar-refractivity contribution >= 4 is 11.7 Å². The van der Waals surface area contributed by atoms with E-state index in [0.29, 0.717) is 11.5 Å². The lowest BCUT2D eigenvalue weighted by Crippen LogP contribution is -2.38. The second kappa shape index (κ2) is 6.55. The van der Waals surface area contributed by atoms with Gasteiger partial charge in [0.15, 0.2) is 0 Å². The molecule has 1 rings (SSSR count). The minimum Gasteiger partial charge on any atom is -0.370 e. The first-order chi connectivity index (χ1) is 8.86. The number of hydrogen-bond donors (Lipinski definition) is 1. The van der Waals surface area contributed by atoms with Crippen LogP contribution in [-0.4, -0.2) is 35.4 Å². The van der Waals surface area contributed by atoms with Crippen LogP contribution < -0.4 is 5.32 Å². The molecular formula is C15H25N3O. The molecule has 1 unspecified atom stereocenters. The predicted molar refractivity (Wildman–Crippen MR) is 79.5 cm³/mol. The van der Waals surface area contributed by atoms with Crippen LogP contribution >= 0.6 is 0 Å². The van der Waals surface area contributed by atoms with Crippen LogP contribution in [-0.2, 0) is 0 Å². The Bertz CT molecular complexity index is 443. The monoisotopic (exact) mass is 263 g/mol. The molecule has 106 valence electrons. The summed E-state index contributed by atoms with van der Waals surface area (Å²) in [6.07, 6.45) is 0. The number of nitrogens with zero attached hydrogens (tertiary/aromatic N) is 2. The first-order valence-electron chi connectivity index (χ1n) is 6.86. The van der Waals surface area contributed by atoms with Gasteiger partial charge in [0, 0.05) is 30.9 Å². The molecule has 1 aromatic rings. The molecular weight excluding hydrogens is 238 g/mol. The third-order valence-electron chi connectivity index (χ3n) is 3.45. The molecule has 19 heavy (non-hydrogen) atoms. The Morgan fingerprint density at radius 2 is 2.00 bits per heavy atom. The van der Waals surface area contributed by atoms with Crippen molar-refractivity contribution in [3.05, 3.63) is 23.4 Å². The third-order valence-corrected chi connectivity index (χ3v) is 3.45. The molecule has 1 aromatic heterocycles. The van der Waals surface area contributed by atoms with Crippen LogP contribution in [0.4, 0.5) is 5.82 Å². The normalized spacial score (nSPS) is 12.4. The van der Waals surface area contributed by atoms with Crippen molar-refractivity contribution in [1.29, 1.82) is 0 Å². The summed E-state index contributed by atoms with van der Waals surface area (Å²) in [5.74, 6) is 1.24. The fraction of sp³-hybridized carbons (Fsp3) is 0.600. The molecule has 0 bridgehead atoms. The van der Waals surface area contributed by atoms with Crippen LogP contribution in [0.1, 0.15) is 43.7 Å². The fourth-order valence-corrected chi connectivity index (χ4v) is 1.90. The smallest absolute Gasteiger partial charge is 0.254 e. The summed E-state index contributed by atoms with van der Waals surface area (Å²) in [5.41, 5.74) is 1.55. The first kappa shape index (κ1) is 15.5. The highest BCUT2D eigenvalue weighted by Crippen LogP contribution is 2.15. The summed E-state index contributed by atoms with van der Waals surface area (Å²) >= 11 is 0. The Kier molecular flexibility index (Phi) is 5.33. The first-order valence-corrected chi connectivity index (χ1v) is 6.86. The quantitative estimate of drug-likeness (QED) is 0.888. The summed E-state index contributed by atoms with van der Waals surface area (Å²) in [4.78, 5) is 18.6. The molecule has 0 aliphatic heterocycles. The number of hydrogen-bond acceptors (Lipinski definition) is 3. The Morgan fingerprint density at radius 1 is 1.37 bits per heavy atom. The van der Waals surface area contributed by atoms with Crippen molar-refractivity contribution < 1.29 is 4.79 Å². The van der Waals surface area contributed by atoms with Gasteiger partial charge in [-0.1, -0.05) is 13.8 Å². The molecule has 1 N–H and O–H groups in total.